The molecule has 1 N–H and O–H groups in total. The minimum atomic E-state index is 0.542. The molecule has 0 bridgehead atoms. The maximum Gasteiger partial charge on any atom is 0.173 e. The van der Waals surface area contributed by atoms with Gasteiger partial charge >= 0.3 is 0 Å². The van der Waals surface area contributed by atoms with Crippen molar-refractivity contribution in [3.63, 3.8) is 0 Å². The zero-order valence-corrected chi connectivity index (χ0v) is 10.1. The molecule has 0 spiro atoms. The lowest BCUT2D eigenvalue weighted by molar-refractivity contribution is 0.635. The number of hydrogen-bond acceptors (Lipinski definition) is 5. The fraction of sp³-hybridized carbons (Fsp3) is 0.182. The maximum absolute atomic E-state index is 4.52. The second-order valence-electron chi connectivity index (χ2n) is 4.30. The molecule has 8 heteroatoms. The van der Waals surface area contributed by atoms with Gasteiger partial charge in [-0.1, -0.05) is 0 Å². The molecule has 0 aromatic carbocycles. The zero-order valence-electron chi connectivity index (χ0n) is 10.1. The van der Waals surface area contributed by atoms with Gasteiger partial charge in [0.05, 0.1) is 11.6 Å². The normalized spacial score (nSPS) is 11.6. The average molecular weight is 254 g/mol. The second kappa shape index (κ2) is 3.61. The molecular formula is C11H10N8. The van der Waals surface area contributed by atoms with Gasteiger partial charge in [0.25, 0.3) is 0 Å². The van der Waals surface area contributed by atoms with E-state index in [1.54, 1.807) is 23.2 Å². The van der Waals surface area contributed by atoms with Crippen molar-refractivity contribution in [2.45, 2.75) is 13.5 Å². The molecule has 4 aromatic heterocycles. The molecule has 0 radical (unpaired) electrons. The molecular weight excluding hydrogens is 244 g/mol. The van der Waals surface area contributed by atoms with E-state index in [1.807, 2.05) is 17.7 Å². The third-order valence-corrected chi connectivity index (χ3v) is 3.05. The van der Waals surface area contributed by atoms with Crippen molar-refractivity contribution in [3.05, 3.63) is 36.3 Å². The lowest BCUT2D eigenvalue weighted by atomic mass is 10.4. The Hall–Kier alpha value is -2.77. The highest BCUT2D eigenvalue weighted by atomic mass is 15.3. The number of aromatic amines is 1. The van der Waals surface area contributed by atoms with E-state index in [1.165, 1.54) is 0 Å². The number of fused-ring (bicyclic) bond motifs is 3. The quantitative estimate of drug-likeness (QED) is 0.564. The minimum absolute atomic E-state index is 0.542. The third-order valence-electron chi connectivity index (χ3n) is 3.05. The molecule has 0 aliphatic carbocycles. The first-order valence-corrected chi connectivity index (χ1v) is 5.83. The maximum atomic E-state index is 4.52. The summed E-state index contributed by atoms with van der Waals surface area (Å²) in [6, 6.07) is 1.95. The van der Waals surface area contributed by atoms with Crippen LogP contribution in [0.3, 0.4) is 0 Å². The SMILES string of the molecule is Cc1ccnn1Cc1nc2c3cn[nH]c3ncn2n1. The Morgan fingerprint density at radius 3 is 3.16 bits per heavy atom. The van der Waals surface area contributed by atoms with Crippen LogP contribution in [0.25, 0.3) is 16.7 Å². The van der Waals surface area contributed by atoms with Gasteiger partial charge in [-0.15, -0.1) is 5.10 Å². The number of nitrogens with zero attached hydrogens (tertiary/aromatic N) is 7. The summed E-state index contributed by atoms with van der Waals surface area (Å²) in [5.74, 6) is 0.697. The molecule has 0 unspecified atom stereocenters. The van der Waals surface area contributed by atoms with E-state index >= 15 is 0 Å². The molecule has 0 saturated heterocycles. The van der Waals surface area contributed by atoms with Crippen molar-refractivity contribution in [1.29, 1.82) is 0 Å². The van der Waals surface area contributed by atoms with Crippen LogP contribution in [-0.2, 0) is 6.54 Å². The predicted molar refractivity (Wildman–Crippen MR) is 66.5 cm³/mol. The van der Waals surface area contributed by atoms with Crippen molar-refractivity contribution in [2.24, 2.45) is 0 Å². The summed E-state index contributed by atoms with van der Waals surface area (Å²) in [6.45, 7) is 2.54. The number of rotatable bonds is 2. The molecule has 0 fully saturated rings. The van der Waals surface area contributed by atoms with Crippen LogP contribution in [0.5, 0.6) is 0 Å². The fourth-order valence-electron chi connectivity index (χ4n) is 2.05. The predicted octanol–water partition coefficient (Wildman–Crippen LogP) is 0.554. The Bertz CT molecular complexity index is 867. The topological polar surface area (TPSA) is 89.6 Å². The summed E-state index contributed by atoms with van der Waals surface area (Å²) in [5.41, 5.74) is 2.53. The Morgan fingerprint density at radius 2 is 2.32 bits per heavy atom. The first-order chi connectivity index (χ1) is 9.31. The summed E-state index contributed by atoms with van der Waals surface area (Å²) in [5, 5.41) is 16.3. The minimum Gasteiger partial charge on any atom is -0.262 e. The van der Waals surface area contributed by atoms with Crippen LogP contribution in [-0.4, -0.2) is 39.6 Å². The fourth-order valence-corrected chi connectivity index (χ4v) is 2.05. The summed E-state index contributed by atoms with van der Waals surface area (Å²) in [4.78, 5) is 8.74. The van der Waals surface area contributed by atoms with E-state index in [2.05, 4.69) is 30.4 Å². The number of hydrogen-bond donors (Lipinski definition) is 1. The van der Waals surface area contributed by atoms with Crippen molar-refractivity contribution in [1.82, 2.24) is 39.6 Å². The van der Waals surface area contributed by atoms with Crippen LogP contribution >= 0.6 is 0 Å². The highest BCUT2D eigenvalue weighted by Crippen LogP contribution is 2.13. The number of aryl methyl sites for hydroxylation is 1. The van der Waals surface area contributed by atoms with E-state index in [-0.39, 0.29) is 0 Å². The summed E-state index contributed by atoms with van der Waals surface area (Å²) in [7, 11) is 0. The van der Waals surface area contributed by atoms with Gasteiger partial charge in [-0.05, 0) is 13.0 Å². The van der Waals surface area contributed by atoms with Crippen LogP contribution in [0, 0.1) is 6.92 Å². The molecule has 0 aliphatic rings. The summed E-state index contributed by atoms with van der Waals surface area (Å²) >= 11 is 0. The largest absolute Gasteiger partial charge is 0.262 e. The van der Waals surface area contributed by atoms with Gasteiger partial charge < -0.3 is 0 Å². The van der Waals surface area contributed by atoms with Gasteiger partial charge in [0.2, 0.25) is 0 Å². The second-order valence-corrected chi connectivity index (χ2v) is 4.30. The van der Waals surface area contributed by atoms with E-state index in [4.69, 9.17) is 0 Å². The van der Waals surface area contributed by atoms with Gasteiger partial charge in [-0.25, -0.2) is 14.5 Å². The van der Waals surface area contributed by atoms with E-state index in [0.29, 0.717) is 18.0 Å². The molecule has 4 rings (SSSR count). The number of H-pyrrole nitrogens is 1. The molecule has 0 atom stereocenters. The Kier molecular flexibility index (Phi) is 1.93. The highest BCUT2D eigenvalue weighted by molar-refractivity contribution is 5.87. The average Bonchev–Trinajstić information content (AvgIpc) is 3.09. The Balaban J connectivity index is 1.85. The van der Waals surface area contributed by atoms with Crippen LogP contribution < -0.4 is 0 Å². The molecule has 4 aromatic rings. The zero-order chi connectivity index (χ0) is 12.8. The number of aromatic nitrogens is 8. The first-order valence-electron chi connectivity index (χ1n) is 5.83. The first kappa shape index (κ1) is 10.2. The van der Waals surface area contributed by atoms with Crippen LogP contribution in [0.15, 0.2) is 24.8 Å². The van der Waals surface area contributed by atoms with Gasteiger partial charge in [0, 0.05) is 11.9 Å². The van der Waals surface area contributed by atoms with Gasteiger partial charge in [-0.3, -0.25) is 9.78 Å². The van der Waals surface area contributed by atoms with Gasteiger partial charge in [-0.2, -0.15) is 10.2 Å². The molecule has 0 amide bonds. The van der Waals surface area contributed by atoms with Crippen molar-refractivity contribution < 1.29 is 0 Å². The third kappa shape index (κ3) is 1.49. The molecule has 8 nitrogen and oxygen atoms in total. The highest BCUT2D eigenvalue weighted by Gasteiger charge is 2.10. The van der Waals surface area contributed by atoms with Gasteiger partial charge in [0.1, 0.15) is 12.9 Å². The van der Waals surface area contributed by atoms with Crippen LogP contribution in [0.4, 0.5) is 0 Å². The van der Waals surface area contributed by atoms with Gasteiger partial charge in [0.15, 0.2) is 17.1 Å². The lowest BCUT2D eigenvalue weighted by Gasteiger charge is -1.98. The van der Waals surface area contributed by atoms with Crippen molar-refractivity contribution >= 4 is 16.7 Å². The number of nitrogens with one attached hydrogen (secondary N) is 1. The monoisotopic (exact) mass is 254 g/mol. The van der Waals surface area contributed by atoms with E-state index < -0.39 is 0 Å². The van der Waals surface area contributed by atoms with Crippen molar-refractivity contribution in [3.8, 4) is 0 Å². The van der Waals surface area contributed by atoms with Crippen molar-refractivity contribution in [2.75, 3.05) is 0 Å². The smallest absolute Gasteiger partial charge is 0.173 e. The molecule has 19 heavy (non-hydrogen) atoms. The molecule has 94 valence electrons. The molecule has 0 saturated carbocycles. The Morgan fingerprint density at radius 1 is 1.37 bits per heavy atom. The van der Waals surface area contributed by atoms with Crippen LogP contribution in [0.2, 0.25) is 0 Å². The molecule has 4 heterocycles. The summed E-state index contributed by atoms with van der Waals surface area (Å²) in [6.07, 6.45) is 5.10. The van der Waals surface area contributed by atoms with E-state index in [0.717, 1.165) is 16.7 Å². The molecule has 0 aliphatic heterocycles. The summed E-state index contributed by atoms with van der Waals surface area (Å²) < 4.78 is 3.51. The standard InChI is InChI=1S/C11H10N8/c1-7-2-3-14-18(7)5-9-15-11-8-4-13-16-10(8)12-6-19(11)17-9/h2-4,6H,5H2,1H3,(H,13,16). The van der Waals surface area contributed by atoms with Crippen LogP contribution in [0.1, 0.15) is 11.5 Å². The Labute approximate surface area is 107 Å². The van der Waals surface area contributed by atoms with E-state index in [9.17, 15) is 0 Å². The lowest BCUT2D eigenvalue weighted by Crippen LogP contribution is -2.05.